The molecule has 3 rings (SSSR count). The van der Waals surface area contributed by atoms with Gasteiger partial charge in [-0.1, -0.05) is 29.8 Å². The molecule has 0 saturated heterocycles. The first kappa shape index (κ1) is 20.9. The minimum absolute atomic E-state index is 0.0193. The molecule has 0 atom stereocenters. The topological polar surface area (TPSA) is 76.1 Å². The number of para-hydroxylation sites is 1. The van der Waals surface area contributed by atoms with Crippen LogP contribution in [0, 0.1) is 0 Å². The van der Waals surface area contributed by atoms with Gasteiger partial charge in [0.2, 0.25) is 5.91 Å². The van der Waals surface area contributed by atoms with E-state index in [2.05, 4.69) is 25.3 Å². The van der Waals surface area contributed by atoms with Crippen LogP contribution in [0.2, 0.25) is 5.02 Å². The van der Waals surface area contributed by atoms with Crippen LogP contribution < -0.4 is 15.4 Å². The van der Waals surface area contributed by atoms with Gasteiger partial charge in [-0.3, -0.25) is 4.79 Å². The molecule has 0 spiro atoms. The number of carbonyl (C=O) groups is 1. The largest absolute Gasteiger partial charge is 0.573 e. The van der Waals surface area contributed by atoms with Crippen LogP contribution in [0.25, 0.3) is 0 Å². The number of halogens is 4. The quantitative estimate of drug-likeness (QED) is 0.555. The fourth-order valence-corrected chi connectivity index (χ4v) is 3.13. The van der Waals surface area contributed by atoms with E-state index in [9.17, 15) is 18.0 Å². The molecule has 0 unspecified atom stereocenters. The summed E-state index contributed by atoms with van der Waals surface area (Å²) in [6, 6.07) is 9.00. The Morgan fingerprint density at radius 3 is 2.72 bits per heavy atom. The second kappa shape index (κ2) is 9.10. The number of alkyl halides is 3. The maximum Gasteiger partial charge on any atom is 0.573 e. The second-order valence-electron chi connectivity index (χ2n) is 5.74. The number of rotatable bonds is 7. The van der Waals surface area contributed by atoms with Gasteiger partial charge in [0.15, 0.2) is 5.13 Å². The maximum atomic E-state index is 12.5. The molecule has 152 valence electrons. The molecule has 0 radical (unpaired) electrons. The standard InChI is InChI=1S/C18H14ClF3N4O2S/c19-12-5-6-15(23-9-12)26-17-25-13(10-29-17)7-16(27)24-8-11-3-1-2-4-14(11)28-18(20,21)22/h1-6,9-10H,7-8H2,(H,24,27)(H,23,25,26). The molecule has 1 aromatic carbocycles. The van der Waals surface area contributed by atoms with Crippen molar-refractivity contribution in [1.29, 1.82) is 0 Å². The van der Waals surface area contributed by atoms with Crippen LogP contribution in [-0.4, -0.2) is 22.2 Å². The lowest BCUT2D eigenvalue weighted by atomic mass is 10.2. The number of anilines is 2. The van der Waals surface area contributed by atoms with Gasteiger partial charge in [0, 0.05) is 23.7 Å². The summed E-state index contributed by atoms with van der Waals surface area (Å²) >= 11 is 7.07. The van der Waals surface area contributed by atoms with E-state index in [1.54, 1.807) is 23.6 Å². The molecular formula is C18H14ClF3N4O2S. The Bertz CT molecular complexity index is 980. The van der Waals surface area contributed by atoms with Gasteiger partial charge < -0.3 is 15.4 Å². The van der Waals surface area contributed by atoms with Crippen LogP contribution >= 0.6 is 22.9 Å². The van der Waals surface area contributed by atoms with Gasteiger partial charge in [0.05, 0.1) is 17.1 Å². The van der Waals surface area contributed by atoms with Crippen LogP contribution in [0.3, 0.4) is 0 Å². The van der Waals surface area contributed by atoms with Crippen molar-refractivity contribution in [2.24, 2.45) is 0 Å². The van der Waals surface area contributed by atoms with E-state index in [1.165, 1.54) is 35.7 Å². The van der Waals surface area contributed by atoms with E-state index in [0.717, 1.165) is 0 Å². The molecule has 1 amide bonds. The molecule has 2 N–H and O–H groups in total. The van der Waals surface area contributed by atoms with E-state index in [0.29, 0.717) is 21.7 Å². The molecule has 0 saturated carbocycles. The Balaban J connectivity index is 1.54. The number of carbonyl (C=O) groups excluding carboxylic acids is 1. The van der Waals surface area contributed by atoms with Crippen LogP contribution in [0.4, 0.5) is 24.1 Å². The zero-order valence-electron chi connectivity index (χ0n) is 14.7. The number of ether oxygens (including phenoxy) is 1. The highest BCUT2D eigenvalue weighted by atomic mass is 35.5. The van der Waals surface area contributed by atoms with E-state index < -0.39 is 6.36 Å². The first-order chi connectivity index (χ1) is 13.8. The number of amides is 1. The SMILES string of the molecule is O=C(Cc1csc(Nc2ccc(Cl)cn2)n1)NCc1ccccc1OC(F)(F)F. The van der Waals surface area contributed by atoms with Crippen molar-refractivity contribution in [3.05, 3.63) is 64.3 Å². The molecule has 29 heavy (non-hydrogen) atoms. The van der Waals surface area contributed by atoms with Crippen molar-refractivity contribution in [2.75, 3.05) is 5.32 Å². The van der Waals surface area contributed by atoms with Crippen LogP contribution in [0.15, 0.2) is 48.0 Å². The number of nitrogens with one attached hydrogen (secondary N) is 2. The maximum absolute atomic E-state index is 12.5. The number of aromatic nitrogens is 2. The van der Waals surface area contributed by atoms with Gasteiger partial charge in [0.1, 0.15) is 11.6 Å². The normalized spacial score (nSPS) is 11.2. The summed E-state index contributed by atoms with van der Waals surface area (Å²) < 4.78 is 41.3. The zero-order valence-corrected chi connectivity index (χ0v) is 16.2. The number of thiazole rings is 1. The lowest BCUT2D eigenvalue weighted by molar-refractivity contribution is -0.274. The first-order valence-electron chi connectivity index (χ1n) is 8.22. The average molecular weight is 443 g/mol. The predicted molar refractivity (Wildman–Crippen MR) is 103 cm³/mol. The molecule has 0 fully saturated rings. The third kappa shape index (κ3) is 6.61. The summed E-state index contributed by atoms with van der Waals surface area (Å²) in [7, 11) is 0. The van der Waals surface area contributed by atoms with E-state index in [1.807, 2.05) is 0 Å². The van der Waals surface area contributed by atoms with Gasteiger partial charge in [-0.05, 0) is 18.2 Å². The minimum Gasteiger partial charge on any atom is -0.405 e. The summed E-state index contributed by atoms with van der Waals surface area (Å²) in [5.41, 5.74) is 0.733. The van der Waals surface area contributed by atoms with Gasteiger partial charge >= 0.3 is 6.36 Å². The predicted octanol–water partition coefficient (Wildman–Crippen LogP) is 4.69. The fourth-order valence-electron chi connectivity index (χ4n) is 2.30. The number of hydrogen-bond acceptors (Lipinski definition) is 6. The Kier molecular flexibility index (Phi) is 6.55. The molecule has 2 heterocycles. The summed E-state index contributed by atoms with van der Waals surface area (Å²) in [5.74, 6) is -0.176. The minimum atomic E-state index is -4.80. The molecule has 11 heteroatoms. The highest BCUT2D eigenvalue weighted by molar-refractivity contribution is 7.13. The Hall–Kier alpha value is -2.85. The highest BCUT2D eigenvalue weighted by Crippen LogP contribution is 2.26. The lowest BCUT2D eigenvalue weighted by Gasteiger charge is -2.13. The fraction of sp³-hybridized carbons (Fsp3) is 0.167. The number of hydrogen-bond donors (Lipinski definition) is 2. The Morgan fingerprint density at radius 2 is 2.00 bits per heavy atom. The van der Waals surface area contributed by atoms with Gasteiger partial charge in [-0.25, -0.2) is 9.97 Å². The molecule has 0 aliphatic heterocycles. The summed E-state index contributed by atoms with van der Waals surface area (Å²) in [6.45, 7) is -0.102. The second-order valence-corrected chi connectivity index (χ2v) is 7.03. The lowest BCUT2D eigenvalue weighted by Crippen LogP contribution is -2.25. The third-order valence-electron chi connectivity index (χ3n) is 3.53. The van der Waals surface area contributed by atoms with E-state index in [-0.39, 0.29) is 30.2 Å². The van der Waals surface area contributed by atoms with Gasteiger partial charge in [-0.2, -0.15) is 0 Å². The molecule has 3 aromatic rings. The summed E-state index contributed by atoms with van der Waals surface area (Å²) in [5, 5.41) is 8.33. The van der Waals surface area contributed by atoms with Gasteiger partial charge in [-0.15, -0.1) is 24.5 Å². The zero-order chi connectivity index (χ0) is 20.9. The summed E-state index contributed by atoms with van der Waals surface area (Å²) in [4.78, 5) is 20.5. The Labute approximate surface area is 172 Å². The monoisotopic (exact) mass is 442 g/mol. The Morgan fingerprint density at radius 1 is 1.21 bits per heavy atom. The smallest absolute Gasteiger partial charge is 0.405 e. The molecular weight excluding hydrogens is 429 g/mol. The number of pyridine rings is 1. The van der Waals surface area contributed by atoms with Crippen molar-refractivity contribution in [3.63, 3.8) is 0 Å². The molecule has 2 aromatic heterocycles. The molecule has 0 aliphatic carbocycles. The van der Waals surface area contributed by atoms with Crippen LogP contribution in [-0.2, 0) is 17.8 Å². The average Bonchev–Trinajstić information content (AvgIpc) is 3.08. The van der Waals surface area contributed by atoms with Crippen molar-refractivity contribution < 1.29 is 22.7 Å². The van der Waals surface area contributed by atoms with Crippen LogP contribution in [0.1, 0.15) is 11.3 Å². The third-order valence-corrected chi connectivity index (χ3v) is 4.56. The molecule has 0 bridgehead atoms. The van der Waals surface area contributed by atoms with Crippen molar-refractivity contribution >= 4 is 39.8 Å². The summed E-state index contributed by atoms with van der Waals surface area (Å²) in [6.07, 6.45) is -3.33. The highest BCUT2D eigenvalue weighted by Gasteiger charge is 2.31. The molecule has 6 nitrogen and oxygen atoms in total. The van der Waals surface area contributed by atoms with E-state index in [4.69, 9.17) is 11.6 Å². The van der Waals surface area contributed by atoms with Gasteiger partial charge in [0.25, 0.3) is 0 Å². The number of benzene rings is 1. The van der Waals surface area contributed by atoms with Crippen molar-refractivity contribution in [1.82, 2.24) is 15.3 Å². The van der Waals surface area contributed by atoms with Crippen LogP contribution in [0.5, 0.6) is 5.75 Å². The molecule has 0 aliphatic rings. The van der Waals surface area contributed by atoms with E-state index >= 15 is 0 Å². The van der Waals surface area contributed by atoms with Crippen molar-refractivity contribution in [3.8, 4) is 5.75 Å². The van der Waals surface area contributed by atoms with Crippen molar-refractivity contribution in [2.45, 2.75) is 19.3 Å². The first-order valence-corrected chi connectivity index (χ1v) is 9.47. The number of nitrogens with zero attached hydrogens (tertiary/aromatic N) is 2.